The van der Waals surface area contributed by atoms with Crippen molar-refractivity contribution in [2.75, 3.05) is 11.9 Å². The molecule has 0 bridgehead atoms. The number of fused-ring (bicyclic) bond motifs is 1. The number of aliphatic hydroxyl groups is 1. The number of anilines is 1. The molecule has 1 aromatic carbocycles. The third kappa shape index (κ3) is 5.04. The molecule has 12 heteroatoms. The van der Waals surface area contributed by atoms with E-state index in [2.05, 4.69) is 41.3 Å². The fourth-order valence-corrected chi connectivity index (χ4v) is 4.89. The van der Waals surface area contributed by atoms with Gasteiger partial charge >= 0.3 is 0 Å². The minimum absolute atomic E-state index is 0.206. The zero-order chi connectivity index (χ0) is 27.0. The zero-order valence-corrected chi connectivity index (χ0v) is 22.2. The second-order valence-corrected chi connectivity index (χ2v) is 9.85. The van der Waals surface area contributed by atoms with Gasteiger partial charge in [-0.2, -0.15) is 5.10 Å². The molecular weight excluding hydrogens is 554 g/mol. The molecule has 0 unspecified atom stereocenters. The molecule has 3 aromatic heterocycles. The van der Waals surface area contributed by atoms with Crippen LogP contribution in [0.4, 0.5) is 5.82 Å². The van der Waals surface area contributed by atoms with Crippen LogP contribution in [-0.4, -0.2) is 71.0 Å². The number of Topliss-reactive ketones (excluding diaryl/α,β-unsaturated/α-hetero) is 1. The number of aromatic nitrogens is 5. The van der Waals surface area contributed by atoms with E-state index >= 15 is 0 Å². The number of carbonyl (C=O) groups excluding carboxylic acids is 3. The summed E-state index contributed by atoms with van der Waals surface area (Å²) in [5.74, 6) is -0.228. The number of aliphatic hydroxyl groups excluding tert-OH is 1. The first kappa shape index (κ1) is 25.6. The summed E-state index contributed by atoms with van der Waals surface area (Å²) >= 11 is 3.26. The Hall–Kier alpha value is -4.03. The van der Waals surface area contributed by atoms with Gasteiger partial charge in [0.1, 0.15) is 34.5 Å². The van der Waals surface area contributed by atoms with Crippen molar-refractivity contribution in [3.05, 3.63) is 64.9 Å². The number of likely N-dealkylation sites (tertiary alicyclic amines) is 1. The van der Waals surface area contributed by atoms with E-state index in [1.165, 1.54) is 16.5 Å². The van der Waals surface area contributed by atoms with E-state index in [9.17, 15) is 19.5 Å². The molecule has 2 atom stereocenters. The van der Waals surface area contributed by atoms with Gasteiger partial charge in [0.25, 0.3) is 5.91 Å². The molecule has 2 N–H and O–H groups in total. The molecule has 4 aromatic rings. The predicted octanol–water partition coefficient (Wildman–Crippen LogP) is 2.76. The van der Waals surface area contributed by atoms with Crippen LogP contribution in [0.15, 0.2) is 53.4 Å². The van der Waals surface area contributed by atoms with Crippen molar-refractivity contribution in [3.63, 3.8) is 0 Å². The van der Waals surface area contributed by atoms with Crippen LogP contribution in [0.3, 0.4) is 0 Å². The Morgan fingerprint density at radius 1 is 1.13 bits per heavy atom. The van der Waals surface area contributed by atoms with Crippen molar-refractivity contribution in [1.82, 2.24) is 29.6 Å². The van der Waals surface area contributed by atoms with Gasteiger partial charge in [0.05, 0.1) is 11.6 Å². The molecule has 0 spiro atoms. The molecule has 1 aliphatic rings. The normalized spacial score (nSPS) is 17.1. The second kappa shape index (κ2) is 10.4. The number of amides is 2. The van der Waals surface area contributed by atoms with Crippen molar-refractivity contribution in [2.24, 2.45) is 0 Å². The number of aryl methyl sites for hydroxylation is 1. The molecule has 11 nitrogen and oxygen atoms in total. The summed E-state index contributed by atoms with van der Waals surface area (Å²) in [6.45, 7) is 3.22. The topological polar surface area (TPSA) is 143 Å². The summed E-state index contributed by atoms with van der Waals surface area (Å²) < 4.78 is 2.00. The average molecular weight is 578 g/mol. The summed E-state index contributed by atoms with van der Waals surface area (Å²) in [5.41, 5.74) is 2.43. The Bertz CT molecular complexity index is 1550. The van der Waals surface area contributed by atoms with Crippen LogP contribution in [-0.2, 0) is 16.1 Å². The molecule has 1 fully saturated rings. The SMILES string of the molecule is CC(=O)c1nn(CC(=O)N2CC[C@@H](O)[C@H]2C(=O)Nc2cccc(Br)n2)c2ccc(-c3cnc(C)nc3)cc12. The molecule has 4 heterocycles. The molecule has 0 aliphatic carbocycles. The number of benzene rings is 1. The zero-order valence-electron chi connectivity index (χ0n) is 20.6. The standard InChI is InChI=1S/C26H24BrN7O4/c1-14(35)24-18-10-16(17-11-28-15(2)29-12-17)6-7-19(18)34(32-24)13-23(37)33-9-8-20(36)25(33)26(38)31-22-5-3-4-21(27)30-22/h3-7,10-12,20,25,36H,8-9,13H2,1-2H3,(H,30,31,38)/t20-,25+/m1/s1. The summed E-state index contributed by atoms with van der Waals surface area (Å²) in [6, 6.07) is 9.44. The van der Waals surface area contributed by atoms with Crippen LogP contribution in [0.5, 0.6) is 0 Å². The Morgan fingerprint density at radius 2 is 1.89 bits per heavy atom. The summed E-state index contributed by atoms with van der Waals surface area (Å²) in [4.78, 5) is 52.8. The Morgan fingerprint density at radius 3 is 2.61 bits per heavy atom. The first-order valence-electron chi connectivity index (χ1n) is 11.9. The lowest BCUT2D eigenvalue weighted by Crippen LogP contribution is -2.48. The number of hydrogen-bond acceptors (Lipinski definition) is 8. The fourth-order valence-electron chi connectivity index (χ4n) is 4.55. The maximum atomic E-state index is 13.4. The fraction of sp³-hybridized carbons (Fsp3) is 0.269. The van der Waals surface area contributed by atoms with Gasteiger partial charge in [-0.15, -0.1) is 0 Å². The van der Waals surface area contributed by atoms with Crippen LogP contribution in [0.25, 0.3) is 22.0 Å². The Labute approximate surface area is 226 Å². The van der Waals surface area contributed by atoms with Crippen molar-refractivity contribution in [2.45, 2.75) is 39.0 Å². The van der Waals surface area contributed by atoms with Crippen LogP contribution in [0.2, 0.25) is 0 Å². The quantitative estimate of drug-likeness (QED) is 0.263. The van der Waals surface area contributed by atoms with E-state index < -0.39 is 24.0 Å². The highest BCUT2D eigenvalue weighted by Crippen LogP contribution is 2.27. The van der Waals surface area contributed by atoms with Gasteiger partial charge in [-0.05, 0) is 59.1 Å². The smallest absolute Gasteiger partial charge is 0.251 e. The lowest BCUT2D eigenvalue weighted by Gasteiger charge is -2.25. The number of ketones is 1. The molecule has 0 radical (unpaired) electrons. The van der Waals surface area contributed by atoms with Crippen LogP contribution < -0.4 is 5.32 Å². The van der Waals surface area contributed by atoms with Gasteiger partial charge in [-0.3, -0.25) is 19.1 Å². The lowest BCUT2D eigenvalue weighted by molar-refractivity contribution is -0.139. The maximum absolute atomic E-state index is 13.4. The van der Waals surface area contributed by atoms with E-state index in [4.69, 9.17) is 0 Å². The number of nitrogens with one attached hydrogen (secondary N) is 1. The highest BCUT2D eigenvalue weighted by Gasteiger charge is 2.41. The third-order valence-corrected chi connectivity index (χ3v) is 6.85. The number of pyridine rings is 1. The molecule has 0 saturated carbocycles. The number of rotatable bonds is 6. The van der Waals surface area contributed by atoms with E-state index in [1.807, 2.05) is 12.1 Å². The van der Waals surface area contributed by atoms with Gasteiger partial charge in [0, 0.05) is 36.8 Å². The molecule has 38 heavy (non-hydrogen) atoms. The minimum Gasteiger partial charge on any atom is -0.390 e. The first-order chi connectivity index (χ1) is 18.2. The summed E-state index contributed by atoms with van der Waals surface area (Å²) in [5, 5.41) is 18.2. The second-order valence-electron chi connectivity index (χ2n) is 9.04. The van der Waals surface area contributed by atoms with Gasteiger partial charge in [0.2, 0.25) is 5.91 Å². The number of carbonyl (C=O) groups is 3. The molecule has 2 amide bonds. The number of nitrogens with zero attached hydrogens (tertiary/aromatic N) is 6. The Kier molecular flexibility index (Phi) is 7.00. The monoisotopic (exact) mass is 577 g/mol. The van der Waals surface area contributed by atoms with Gasteiger partial charge in [-0.1, -0.05) is 12.1 Å². The van der Waals surface area contributed by atoms with E-state index in [1.54, 1.807) is 43.6 Å². The molecule has 5 rings (SSSR count). The maximum Gasteiger partial charge on any atom is 0.251 e. The van der Waals surface area contributed by atoms with Gasteiger partial charge in [-0.25, -0.2) is 15.0 Å². The van der Waals surface area contributed by atoms with E-state index in [-0.39, 0.29) is 31.0 Å². The molecule has 1 saturated heterocycles. The highest BCUT2D eigenvalue weighted by molar-refractivity contribution is 9.10. The van der Waals surface area contributed by atoms with Gasteiger partial charge in [0.15, 0.2) is 5.78 Å². The highest BCUT2D eigenvalue weighted by atomic mass is 79.9. The lowest BCUT2D eigenvalue weighted by atomic mass is 10.0. The van der Waals surface area contributed by atoms with Crippen LogP contribution >= 0.6 is 15.9 Å². The molecule has 1 aliphatic heterocycles. The molecular formula is C26H24BrN7O4. The summed E-state index contributed by atoms with van der Waals surface area (Å²) in [7, 11) is 0. The van der Waals surface area contributed by atoms with Crippen molar-refractivity contribution >= 4 is 50.2 Å². The van der Waals surface area contributed by atoms with Crippen molar-refractivity contribution in [3.8, 4) is 11.1 Å². The predicted molar refractivity (Wildman–Crippen MR) is 142 cm³/mol. The number of halogens is 1. The van der Waals surface area contributed by atoms with Crippen LogP contribution in [0, 0.1) is 6.92 Å². The van der Waals surface area contributed by atoms with E-state index in [0.717, 1.165) is 11.1 Å². The average Bonchev–Trinajstić information content (AvgIpc) is 3.45. The molecule has 194 valence electrons. The first-order valence-corrected chi connectivity index (χ1v) is 12.7. The minimum atomic E-state index is -1.08. The van der Waals surface area contributed by atoms with Gasteiger partial charge < -0.3 is 15.3 Å². The van der Waals surface area contributed by atoms with E-state index in [0.29, 0.717) is 27.1 Å². The number of hydrogen-bond donors (Lipinski definition) is 2. The summed E-state index contributed by atoms with van der Waals surface area (Å²) in [6.07, 6.45) is 2.65. The Balaban J connectivity index is 1.41. The van der Waals surface area contributed by atoms with Crippen LogP contribution in [0.1, 0.15) is 29.7 Å². The largest absolute Gasteiger partial charge is 0.390 e. The third-order valence-electron chi connectivity index (χ3n) is 6.40. The van der Waals surface area contributed by atoms with Crippen molar-refractivity contribution < 1.29 is 19.5 Å². The van der Waals surface area contributed by atoms with Crippen molar-refractivity contribution in [1.29, 1.82) is 0 Å².